The van der Waals surface area contributed by atoms with E-state index in [1.807, 2.05) is 6.07 Å². The molecule has 0 amide bonds. The quantitative estimate of drug-likeness (QED) is 0.761. The Hall–Kier alpha value is -1.22. The first-order valence-electron chi connectivity index (χ1n) is 6.92. The zero-order chi connectivity index (χ0) is 12.3. The number of para-hydroxylation sites is 1. The van der Waals surface area contributed by atoms with Gasteiger partial charge in [0, 0.05) is 17.0 Å². The van der Waals surface area contributed by atoms with E-state index in [0.717, 1.165) is 18.7 Å². The van der Waals surface area contributed by atoms with Crippen LogP contribution in [0, 0.1) is 0 Å². The van der Waals surface area contributed by atoms with Crippen LogP contribution in [0.25, 0.3) is 0 Å². The van der Waals surface area contributed by atoms with E-state index < -0.39 is 0 Å². The molecule has 2 aliphatic heterocycles. The molecule has 3 nitrogen and oxygen atoms in total. The molecule has 3 heteroatoms. The second-order valence-corrected chi connectivity index (χ2v) is 6.04. The lowest BCUT2D eigenvalue weighted by atomic mass is 9.62. The lowest BCUT2D eigenvalue weighted by Crippen LogP contribution is -2.60. The van der Waals surface area contributed by atoms with Crippen LogP contribution in [0.4, 0.5) is 0 Å². The molecule has 2 fully saturated rings. The molecular weight excluding hydrogens is 226 g/mol. The first kappa shape index (κ1) is 10.7. The molecule has 0 radical (unpaired) electrons. The number of fused-ring (bicyclic) bond motifs is 1. The minimum Gasteiger partial charge on any atom is -0.504 e. The molecule has 0 spiro atoms. The number of hydrogen-bond acceptors (Lipinski definition) is 3. The molecule has 1 aromatic carbocycles. The molecule has 2 bridgehead atoms. The Labute approximate surface area is 107 Å². The molecule has 1 saturated carbocycles. The molecule has 3 aliphatic rings. The standard InChI is InChI=1S/C15H19NO2/c1-16-9-8-15-7-3-5-11(16)14(15)18-13-10(15)4-2-6-12(13)17/h2,4,6,11,14,17H,3,5,7-9H2,1H3/t11-,14+,15-/m1/s1. The molecule has 0 aromatic heterocycles. The van der Waals surface area contributed by atoms with E-state index in [0.29, 0.717) is 11.8 Å². The third-order valence-electron chi connectivity index (χ3n) is 5.27. The Morgan fingerprint density at radius 3 is 3.17 bits per heavy atom. The largest absolute Gasteiger partial charge is 0.504 e. The number of piperidine rings is 1. The van der Waals surface area contributed by atoms with Gasteiger partial charge in [-0.3, -0.25) is 4.90 Å². The number of phenols is 1. The van der Waals surface area contributed by atoms with Crippen molar-refractivity contribution in [3.05, 3.63) is 23.8 Å². The molecule has 96 valence electrons. The Morgan fingerprint density at radius 1 is 1.39 bits per heavy atom. The zero-order valence-electron chi connectivity index (χ0n) is 10.7. The van der Waals surface area contributed by atoms with Crippen LogP contribution < -0.4 is 4.74 Å². The fourth-order valence-corrected chi connectivity index (χ4v) is 4.33. The number of rotatable bonds is 0. The van der Waals surface area contributed by atoms with Gasteiger partial charge in [0.1, 0.15) is 6.10 Å². The van der Waals surface area contributed by atoms with Crippen LogP contribution in [0.1, 0.15) is 31.2 Å². The summed E-state index contributed by atoms with van der Waals surface area (Å²) in [6.07, 6.45) is 5.09. The molecule has 1 aromatic rings. The minimum atomic E-state index is 0.170. The van der Waals surface area contributed by atoms with Crippen molar-refractivity contribution in [3.8, 4) is 11.5 Å². The number of ether oxygens (including phenoxy) is 1. The number of likely N-dealkylation sites (N-methyl/N-ethyl adjacent to an activating group) is 1. The van der Waals surface area contributed by atoms with Crippen LogP contribution in [0.5, 0.6) is 11.5 Å². The van der Waals surface area contributed by atoms with E-state index in [1.54, 1.807) is 6.07 Å². The van der Waals surface area contributed by atoms with Crippen molar-refractivity contribution in [2.24, 2.45) is 0 Å². The second-order valence-electron chi connectivity index (χ2n) is 6.04. The molecule has 1 aliphatic carbocycles. The number of aromatic hydroxyl groups is 1. The maximum Gasteiger partial charge on any atom is 0.165 e. The summed E-state index contributed by atoms with van der Waals surface area (Å²) in [6, 6.07) is 6.36. The van der Waals surface area contributed by atoms with Gasteiger partial charge in [-0.15, -0.1) is 0 Å². The first-order valence-corrected chi connectivity index (χ1v) is 6.92. The van der Waals surface area contributed by atoms with E-state index in [1.165, 1.54) is 24.8 Å². The second kappa shape index (κ2) is 3.41. The van der Waals surface area contributed by atoms with E-state index in [4.69, 9.17) is 4.74 Å². The fraction of sp³-hybridized carbons (Fsp3) is 0.600. The van der Waals surface area contributed by atoms with E-state index in [9.17, 15) is 5.11 Å². The Balaban J connectivity index is 1.89. The number of hydrogen-bond donors (Lipinski definition) is 1. The molecule has 0 unspecified atom stereocenters. The monoisotopic (exact) mass is 245 g/mol. The molecule has 4 rings (SSSR count). The summed E-state index contributed by atoms with van der Waals surface area (Å²) in [5.41, 5.74) is 1.43. The number of likely N-dealkylation sites (tertiary alicyclic amines) is 1. The normalized spacial score (nSPS) is 37.8. The summed E-state index contributed by atoms with van der Waals surface area (Å²) in [4.78, 5) is 2.44. The predicted molar refractivity (Wildman–Crippen MR) is 69.1 cm³/mol. The molecule has 1 N–H and O–H groups in total. The average Bonchev–Trinajstić information content (AvgIpc) is 2.72. The Kier molecular flexibility index (Phi) is 2.03. The third-order valence-corrected chi connectivity index (χ3v) is 5.27. The van der Waals surface area contributed by atoms with Crippen molar-refractivity contribution < 1.29 is 9.84 Å². The average molecular weight is 245 g/mol. The molecule has 18 heavy (non-hydrogen) atoms. The predicted octanol–water partition coefficient (Wildman–Crippen LogP) is 2.28. The van der Waals surface area contributed by atoms with Gasteiger partial charge >= 0.3 is 0 Å². The van der Waals surface area contributed by atoms with Crippen LogP contribution in [0.15, 0.2) is 18.2 Å². The molecule has 1 saturated heterocycles. The van der Waals surface area contributed by atoms with Gasteiger partial charge in [0.15, 0.2) is 11.5 Å². The van der Waals surface area contributed by atoms with Crippen molar-refractivity contribution in [2.75, 3.05) is 13.6 Å². The van der Waals surface area contributed by atoms with Crippen molar-refractivity contribution >= 4 is 0 Å². The van der Waals surface area contributed by atoms with Gasteiger partial charge in [0.05, 0.1) is 0 Å². The van der Waals surface area contributed by atoms with Crippen LogP contribution in [-0.2, 0) is 5.41 Å². The summed E-state index contributed by atoms with van der Waals surface area (Å²) in [5.74, 6) is 1.06. The van der Waals surface area contributed by atoms with E-state index in [2.05, 4.69) is 18.0 Å². The number of phenolic OH excluding ortho intramolecular Hbond substituents is 1. The highest BCUT2D eigenvalue weighted by Gasteiger charge is 2.57. The van der Waals surface area contributed by atoms with Crippen molar-refractivity contribution in [1.29, 1.82) is 0 Å². The maximum absolute atomic E-state index is 10.0. The third kappa shape index (κ3) is 1.13. The molecular formula is C15H19NO2. The summed E-state index contributed by atoms with van der Waals surface area (Å²) in [7, 11) is 2.20. The number of benzene rings is 1. The van der Waals surface area contributed by atoms with Gasteiger partial charge in [-0.2, -0.15) is 0 Å². The fourth-order valence-electron chi connectivity index (χ4n) is 4.33. The SMILES string of the molecule is CN1CC[C@@]23CCC[C@@H]1[C@@H]2Oc1c(O)cccc13. The number of nitrogens with zero attached hydrogens (tertiary/aromatic N) is 1. The lowest BCUT2D eigenvalue weighted by Gasteiger charge is -2.51. The van der Waals surface area contributed by atoms with Crippen molar-refractivity contribution in [1.82, 2.24) is 4.90 Å². The van der Waals surface area contributed by atoms with Crippen molar-refractivity contribution in [2.45, 2.75) is 43.2 Å². The highest BCUT2D eigenvalue weighted by Crippen LogP contribution is 2.57. The van der Waals surface area contributed by atoms with E-state index in [-0.39, 0.29) is 11.5 Å². The summed E-state index contributed by atoms with van der Waals surface area (Å²) < 4.78 is 6.18. The van der Waals surface area contributed by atoms with Gasteiger partial charge < -0.3 is 9.84 Å². The minimum absolute atomic E-state index is 0.170. The van der Waals surface area contributed by atoms with Gasteiger partial charge in [0.2, 0.25) is 0 Å². The van der Waals surface area contributed by atoms with Gasteiger partial charge in [0.25, 0.3) is 0 Å². The summed E-state index contributed by atoms with van der Waals surface area (Å²) >= 11 is 0. The highest BCUT2D eigenvalue weighted by molar-refractivity contribution is 5.54. The summed E-state index contributed by atoms with van der Waals surface area (Å²) in [6.45, 7) is 1.14. The Morgan fingerprint density at radius 2 is 2.28 bits per heavy atom. The van der Waals surface area contributed by atoms with Crippen LogP contribution in [0.3, 0.4) is 0 Å². The smallest absolute Gasteiger partial charge is 0.165 e. The lowest BCUT2D eigenvalue weighted by molar-refractivity contribution is -0.0308. The van der Waals surface area contributed by atoms with Crippen LogP contribution in [0.2, 0.25) is 0 Å². The first-order chi connectivity index (χ1) is 8.72. The topological polar surface area (TPSA) is 32.7 Å². The van der Waals surface area contributed by atoms with E-state index >= 15 is 0 Å². The zero-order valence-corrected chi connectivity index (χ0v) is 10.7. The van der Waals surface area contributed by atoms with Crippen LogP contribution >= 0.6 is 0 Å². The van der Waals surface area contributed by atoms with Gasteiger partial charge in [-0.05, 0) is 38.9 Å². The molecule has 2 heterocycles. The Bertz CT molecular complexity index is 501. The van der Waals surface area contributed by atoms with Crippen LogP contribution in [-0.4, -0.2) is 35.7 Å². The maximum atomic E-state index is 10.0. The van der Waals surface area contributed by atoms with Gasteiger partial charge in [-0.1, -0.05) is 18.6 Å². The highest BCUT2D eigenvalue weighted by atomic mass is 16.5. The molecule has 3 atom stereocenters. The summed E-state index contributed by atoms with van der Waals surface area (Å²) in [5, 5.41) is 10.0. The van der Waals surface area contributed by atoms with Gasteiger partial charge in [-0.25, -0.2) is 0 Å². The van der Waals surface area contributed by atoms with Crippen molar-refractivity contribution in [3.63, 3.8) is 0 Å².